The molecule has 8 nitrogen and oxygen atoms in total. The number of amides is 4. The van der Waals surface area contributed by atoms with Crippen LogP contribution in [0.4, 0.5) is 5.69 Å². The summed E-state index contributed by atoms with van der Waals surface area (Å²) in [6.45, 7) is 1.79. The van der Waals surface area contributed by atoms with Crippen molar-refractivity contribution in [1.29, 1.82) is 0 Å². The molecule has 2 aromatic carbocycles. The third-order valence-electron chi connectivity index (χ3n) is 9.06. The third kappa shape index (κ3) is 2.95. The fourth-order valence-corrected chi connectivity index (χ4v) is 7.30. The number of nitrogens with zero attached hydrogens (tertiary/aromatic N) is 2. The van der Waals surface area contributed by atoms with E-state index in [1.807, 2.05) is 12.1 Å². The first-order chi connectivity index (χ1) is 17.7. The maximum atomic E-state index is 14.3. The highest BCUT2D eigenvalue weighted by Gasteiger charge is 2.68. The van der Waals surface area contributed by atoms with Crippen molar-refractivity contribution in [3.05, 3.63) is 65.7 Å². The highest BCUT2D eigenvalue weighted by molar-refractivity contribution is 6.24. The van der Waals surface area contributed by atoms with E-state index in [-0.39, 0.29) is 35.8 Å². The van der Waals surface area contributed by atoms with Gasteiger partial charge in [-0.25, -0.2) is 4.90 Å². The fourth-order valence-electron chi connectivity index (χ4n) is 7.30. The number of aromatic hydroxyl groups is 1. The Hall–Kier alpha value is -3.94. The first-order valence-electron chi connectivity index (χ1n) is 12.5. The zero-order valence-corrected chi connectivity index (χ0v) is 20.9. The van der Waals surface area contributed by atoms with Crippen molar-refractivity contribution in [3.63, 3.8) is 0 Å². The molecule has 37 heavy (non-hydrogen) atoms. The Morgan fingerprint density at radius 1 is 0.946 bits per heavy atom. The van der Waals surface area contributed by atoms with Gasteiger partial charge in [-0.1, -0.05) is 35.9 Å². The van der Waals surface area contributed by atoms with Gasteiger partial charge < -0.3 is 9.84 Å². The van der Waals surface area contributed by atoms with Crippen LogP contribution < -0.4 is 9.64 Å². The number of hydrogen-bond donors (Lipinski definition) is 1. The van der Waals surface area contributed by atoms with Crippen molar-refractivity contribution in [2.75, 3.05) is 19.1 Å². The minimum Gasteiger partial charge on any atom is -0.508 e. The van der Waals surface area contributed by atoms with E-state index in [0.29, 0.717) is 23.4 Å². The summed E-state index contributed by atoms with van der Waals surface area (Å²) < 4.78 is 5.64. The molecule has 2 aliphatic heterocycles. The second-order valence-corrected chi connectivity index (χ2v) is 10.6. The number of phenolic OH excluding ortho intramolecular Hbond substituents is 1. The number of carbonyl (C=O) groups excluding carboxylic acids is 4. The Morgan fingerprint density at radius 2 is 1.68 bits per heavy atom. The predicted molar refractivity (Wildman–Crippen MR) is 133 cm³/mol. The molecule has 0 spiro atoms. The lowest BCUT2D eigenvalue weighted by Crippen LogP contribution is -2.49. The Labute approximate surface area is 214 Å². The van der Waals surface area contributed by atoms with Crippen LogP contribution in [0.3, 0.4) is 0 Å². The van der Waals surface area contributed by atoms with Crippen LogP contribution in [0.2, 0.25) is 0 Å². The van der Waals surface area contributed by atoms with Crippen LogP contribution in [0, 0.1) is 29.1 Å². The molecule has 2 heterocycles. The van der Waals surface area contributed by atoms with Gasteiger partial charge in [0.25, 0.3) is 0 Å². The van der Waals surface area contributed by atoms with Crippen molar-refractivity contribution in [2.45, 2.75) is 25.7 Å². The molecule has 3 fully saturated rings. The number of methoxy groups -OCH3 is 1. The number of carbonyl (C=O) groups is 4. The molecule has 1 saturated carbocycles. The Balaban J connectivity index is 1.59. The molecule has 6 atom stereocenters. The summed E-state index contributed by atoms with van der Waals surface area (Å²) in [5, 5.41) is 11.1. The summed E-state index contributed by atoms with van der Waals surface area (Å²) in [7, 11) is 3.00. The largest absolute Gasteiger partial charge is 0.508 e. The number of benzene rings is 2. The van der Waals surface area contributed by atoms with E-state index in [2.05, 4.69) is 0 Å². The predicted octanol–water partition coefficient (Wildman–Crippen LogP) is 3.26. The van der Waals surface area contributed by atoms with Crippen LogP contribution >= 0.6 is 0 Å². The lowest BCUT2D eigenvalue weighted by molar-refractivity contribution is -0.138. The summed E-state index contributed by atoms with van der Waals surface area (Å²) in [6, 6.07) is 13.7. The van der Waals surface area contributed by atoms with Gasteiger partial charge >= 0.3 is 0 Å². The van der Waals surface area contributed by atoms with Gasteiger partial charge in [0.05, 0.1) is 36.0 Å². The van der Waals surface area contributed by atoms with E-state index < -0.39 is 35.0 Å². The number of rotatable bonds is 3. The van der Waals surface area contributed by atoms with Crippen molar-refractivity contribution in [2.24, 2.45) is 29.1 Å². The van der Waals surface area contributed by atoms with Crippen LogP contribution in [-0.4, -0.2) is 47.8 Å². The van der Waals surface area contributed by atoms with Crippen molar-refractivity contribution in [3.8, 4) is 11.5 Å². The average molecular weight is 501 g/mol. The number of anilines is 1. The second-order valence-electron chi connectivity index (χ2n) is 10.6. The standard InChI is InChI=1S/C29H28N2O6/c1-29-19(26(34)31(28(29)36)15-8-5-4-6-9-15)14-18-16(12-13-17-22(18)27(35)30(2)25(17)33)24(29)23-20(32)10-7-11-21(23)37-3/h4-12,17-19,22,24,32H,13-14H2,1-3H3. The summed E-state index contributed by atoms with van der Waals surface area (Å²) in [4.78, 5) is 56.8. The molecule has 190 valence electrons. The number of ether oxygens (including phenoxy) is 1. The SMILES string of the molecule is COc1cccc(O)c1C1C2=CCC3C(=O)N(C)C(=O)C3C2CC2C(=O)N(c3ccccc3)C(=O)C21C. The summed E-state index contributed by atoms with van der Waals surface area (Å²) in [6.07, 6.45) is 2.59. The number of likely N-dealkylation sites (tertiary alicyclic amines) is 1. The number of para-hydroxylation sites is 1. The van der Waals surface area contributed by atoms with Crippen LogP contribution in [0.5, 0.6) is 11.5 Å². The molecule has 2 aliphatic carbocycles. The highest BCUT2D eigenvalue weighted by atomic mass is 16.5. The van der Waals surface area contributed by atoms with E-state index in [1.54, 1.807) is 49.4 Å². The molecular formula is C29H28N2O6. The zero-order chi connectivity index (χ0) is 26.2. The Kier molecular flexibility index (Phi) is 5.09. The van der Waals surface area contributed by atoms with Crippen molar-refractivity contribution >= 4 is 29.3 Å². The molecule has 6 unspecified atom stereocenters. The van der Waals surface area contributed by atoms with E-state index in [0.717, 1.165) is 5.57 Å². The van der Waals surface area contributed by atoms with E-state index >= 15 is 0 Å². The van der Waals surface area contributed by atoms with E-state index in [4.69, 9.17) is 4.74 Å². The third-order valence-corrected chi connectivity index (χ3v) is 9.06. The quantitative estimate of drug-likeness (QED) is 0.513. The van der Waals surface area contributed by atoms with Crippen LogP contribution in [0.25, 0.3) is 0 Å². The molecule has 4 amide bonds. The van der Waals surface area contributed by atoms with Gasteiger partial charge in [-0.2, -0.15) is 0 Å². The van der Waals surface area contributed by atoms with Crippen LogP contribution in [-0.2, 0) is 19.2 Å². The van der Waals surface area contributed by atoms with Gasteiger partial charge in [0.2, 0.25) is 23.6 Å². The molecule has 4 aliphatic rings. The normalized spacial score (nSPS) is 32.7. The minimum atomic E-state index is -1.23. The van der Waals surface area contributed by atoms with Crippen molar-refractivity contribution in [1.82, 2.24) is 4.90 Å². The number of allylic oxidation sites excluding steroid dienone is 2. The summed E-state index contributed by atoms with van der Waals surface area (Å²) in [5.74, 6) is -3.76. The molecule has 2 saturated heterocycles. The van der Waals surface area contributed by atoms with Gasteiger partial charge in [-0.05, 0) is 49.9 Å². The maximum Gasteiger partial charge on any atom is 0.241 e. The first-order valence-corrected chi connectivity index (χ1v) is 12.5. The molecule has 0 bridgehead atoms. The number of fused-ring (bicyclic) bond motifs is 4. The smallest absolute Gasteiger partial charge is 0.241 e. The molecule has 8 heteroatoms. The maximum absolute atomic E-state index is 14.3. The monoisotopic (exact) mass is 500 g/mol. The van der Waals surface area contributed by atoms with Gasteiger partial charge in [-0.3, -0.25) is 24.1 Å². The number of phenols is 1. The minimum absolute atomic E-state index is 0.0441. The van der Waals surface area contributed by atoms with Gasteiger partial charge in [0.1, 0.15) is 11.5 Å². The average Bonchev–Trinajstić information content (AvgIpc) is 3.24. The lowest BCUT2D eigenvalue weighted by atomic mass is 9.51. The molecule has 0 aromatic heterocycles. The van der Waals surface area contributed by atoms with Gasteiger partial charge in [0, 0.05) is 18.5 Å². The molecule has 2 aromatic rings. The summed E-state index contributed by atoms with van der Waals surface area (Å²) in [5.41, 5.74) is 0.490. The molecule has 1 N–H and O–H groups in total. The highest BCUT2D eigenvalue weighted by Crippen LogP contribution is 2.65. The molecular weight excluding hydrogens is 472 g/mol. The zero-order valence-electron chi connectivity index (χ0n) is 20.9. The van der Waals surface area contributed by atoms with E-state index in [1.165, 1.54) is 24.0 Å². The number of hydrogen-bond acceptors (Lipinski definition) is 6. The van der Waals surface area contributed by atoms with Gasteiger partial charge in [0.15, 0.2) is 0 Å². The van der Waals surface area contributed by atoms with Crippen LogP contribution in [0.15, 0.2) is 60.2 Å². The lowest BCUT2D eigenvalue weighted by Gasteiger charge is -2.49. The second kappa shape index (κ2) is 8.03. The molecule has 6 rings (SSSR count). The Morgan fingerprint density at radius 3 is 2.38 bits per heavy atom. The van der Waals surface area contributed by atoms with Crippen LogP contribution in [0.1, 0.15) is 31.2 Å². The summed E-state index contributed by atoms with van der Waals surface area (Å²) >= 11 is 0. The first kappa shape index (κ1) is 23.5. The Bertz CT molecular complexity index is 1380. The molecule has 0 radical (unpaired) electrons. The topological polar surface area (TPSA) is 104 Å². The van der Waals surface area contributed by atoms with Crippen molar-refractivity contribution < 1.29 is 29.0 Å². The number of imide groups is 2. The van der Waals surface area contributed by atoms with Gasteiger partial charge in [-0.15, -0.1) is 0 Å². The fraction of sp³-hybridized carbons (Fsp3) is 0.379. The van der Waals surface area contributed by atoms with E-state index in [9.17, 15) is 24.3 Å².